The Morgan fingerprint density at radius 3 is 1.38 bits per heavy atom. The van der Waals surface area contributed by atoms with Crippen LogP contribution >= 0.6 is 0 Å². The third kappa shape index (κ3) is 39.9. The van der Waals surface area contributed by atoms with Crippen molar-refractivity contribution >= 4 is 17.8 Å². The Labute approximate surface area is 340 Å². The van der Waals surface area contributed by atoms with Gasteiger partial charge in [-0.05, 0) is 103 Å². The molecule has 322 valence electrons. The van der Waals surface area contributed by atoms with Gasteiger partial charge in [-0.25, -0.2) is 4.79 Å². The summed E-state index contributed by atoms with van der Waals surface area (Å²) in [6.07, 6.45) is 49.4. The van der Waals surface area contributed by atoms with Crippen LogP contribution in [0.3, 0.4) is 0 Å². The van der Waals surface area contributed by atoms with Gasteiger partial charge in [0, 0.05) is 12.8 Å². The predicted octanol–water partition coefficient (Wildman–Crippen LogP) is 13.6. The fraction of sp³-hybridized carbons (Fsp3) is 0.854. The molecule has 0 aliphatic carbocycles. The summed E-state index contributed by atoms with van der Waals surface area (Å²) in [6, 6.07) is -0.859. The quantitative estimate of drug-likeness (QED) is 0.0322. The molecule has 0 aromatic carbocycles. The van der Waals surface area contributed by atoms with E-state index in [4.69, 9.17) is 10.5 Å². The number of carbonyl (C=O) groups excluding carboxylic acids is 2. The van der Waals surface area contributed by atoms with Crippen molar-refractivity contribution in [3.05, 3.63) is 24.3 Å². The van der Waals surface area contributed by atoms with Crippen molar-refractivity contribution in [2.45, 2.75) is 257 Å². The van der Waals surface area contributed by atoms with Crippen molar-refractivity contribution in [2.24, 2.45) is 5.73 Å². The summed E-state index contributed by atoms with van der Waals surface area (Å²) >= 11 is 0. The molecule has 2 unspecified atom stereocenters. The molecule has 0 spiro atoms. The maximum absolute atomic E-state index is 12.8. The Hall–Kier alpha value is -2.15. The minimum atomic E-state index is -1.00. The number of amides is 1. The van der Waals surface area contributed by atoms with Crippen molar-refractivity contribution in [2.75, 3.05) is 6.54 Å². The van der Waals surface area contributed by atoms with Gasteiger partial charge in [-0.1, -0.05) is 160 Å². The second-order valence-corrected chi connectivity index (χ2v) is 16.2. The molecule has 0 saturated heterocycles. The van der Waals surface area contributed by atoms with Crippen LogP contribution in [0.5, 0.6) is 0 Å². The molecule has 0 aliphatic heterocycles. The van der Waals surface area contributed by atoms with E-state index in [2.05, 4.69) is 43.5 Å². The smallest absolute Gasteiger partial charge is 0.326 e. The van der Waals surface area contributed by atoms with Gasteiger partial charge < -0.3 is 20.9 Å². The van der Waals surface area contributed by atoms with Crippen molar-refractivity contribution < 1.29 is 24.2 Å². The molecule has 2 atom stereocenters. The fourth-order valence-electron chi connectivity index (χ4n) is 7.15. The van der Waals surface area contributed by atoms with Crippen molar-refractivity contribution in [3.8, 4) is 0 Å². The normalized spacial score (nSPS) is 12.8. The van der Waals surface area contributed by atoms with Gasteiger partial charge in [-0.15, -0.1) is 0 Å². The lowest BCUT2D eigenvalue weighted by atomic mass is 10.0. The Morgan fingerprint density at radius 2 is 0.909 bits per heavy atom. The number of hydrogen-bond acceptors (Lipinski definition) is 5. The summed E-state index contributed by atoms with van der Waals surface area (Å²) in [5, 5.41) is 12.0. The average molecular weight is 775 g/mol. The van der Waals surface area contributed by atoms with E-state index in [1.54, 1.807) is 0 Å². The highest BCUT2D eigenvalue weighted by molar-refractivity contribution is 5.83. The van der Waals surface area contributed by atoms with Crippen molar-refractivity contribution in [1.29, 1.82) is 0 Å². The van der Waals surface area contributed by atoms with Crippen LogP contribution in [0.1, 0.15) is 245 Å². The van der Waals surface area contributed by atoms with E-state index in [1.807, 2.05) is 0 Å². The molecule has 0 aliphatic rings. The second-order valence-electron chi connectivity index (χ2n) is 16.2. The molecule has 1 amide bonds. The topological polar surface area (TPSA) is 119 Å². The number of nitrogens with two attached hydrogens (primary N) is 1. The minimum Gasteiger partial charge on any atom is -0.480 e. The van der Waals surface area contributed by atoms with Crippen LogP contribution in [0.4, 0.5) is 0 Å². The van der Waals surface area contributed by atoms with Crippen LogP contribution in [0.2, 0.25) is 0 Å². The van der Waals surface area contributed by atoms with Crippen LogP contribution in [-0.2, 0) is 19.1 Å². The number of carboxylic acids is 1. The zero-order valence-electron chi connectivity index (χ0n) is 36.3. The Morgan fingerprint density at radius 1 is 0.509 bits per heavy atom. The van der Waals surface area contributed by atoms with Crippen molar-refractivity contribution in [1.82, 2.24) is 5.32 Å². The summed E-state index contributed by atoms with van der Waals surface area (Å²) < 4.78 is 6.04. The zero-order chi connectivity index (χ0) is 40.3. The lowest BCUT2D eigenvalue weighted by Gasteiger charge is -2.18. The zero-order valence-corrected chi connectivity index (χ0v) is 36.3. The standard InChI is InChI=1S/C48H90N2O5/c1-3-5-7-9-11-13-15-17-18-19-21-23-25-27-32-36-42-47(52)55-44(38-33-29-26-24-22-20-16-14-12-10-8-6-4-2)39-34-30-28-31-35-41-46(51)50-45(48(53)54)40-37-43-49/h18-19,24,26,44-45H,3-17,20-23,25,27-43,49H2,1-2H3,(H,50,51)(H,53,54)/b19-18-,26-24-. The third-order valence-electron chi connectivity index (χ3n) is 10.7. The largest absolute Gasteiger partial charge is 0.480 e. The monoisotopic (exact) mass is 775 g/mol. The van der Waals surface area contributed by atoms with Gasteiger partial charge in [0.15, 0.2) is 0 Å². The number of esters is 1. The number of ether oxygens (including phenoxy) is 1. The van der Waals surface area contributed by atoms with Crippen LogP contribution in [0.15, 0.2) is 24.3 Å². The van der Waals surface area contributed by atoms with Crippen LogP contribution < -0.4 is 11.1 Å². The lowest BCUT2D eigenvalue weighted by molar-refractivity contribution is -0.150. The SMILES string of the molecule is CCCCCCCCC/C=C\CCCCCCCC(=O)OC(CCC/C=C\CCCCCCCCCC)CCCCCCCC(=O)NC(CCCN)C(=O)O. The molecule has 7 heteroatoms. The van der Waals surface area contributed by atoms with E-state index in [9.17, 15) is 19.5 Å². The first kappa shape index (κ1) is 52.9. The first-order chi connectivity index (χ1) is 26.9. The molecule has 0 rings (SSSR count). The molecule has 4 N–H and O–H groups in total. The lowest BCUT2D eigenvalue weighted by Crippen LogP contribution is -2.40. The molecule has 0 saturated carbocycles. The van der Waals surface area contributed by atoms with Crippen LogP contribution in [0.25, 0.3) is 0 Å². The summed E-state index contributed by atoms with van der Waals surface area (Å²) in [5.74, 6) is -1.25. The number of unbranched alkanes of at least 4 members (excludes halogenated alkanes) is 25. The number of aliphatic carboxylic acids is 1. The number of carboxylic acid groups (broad SMARTS) is 1. The first-order valence-corrected chi connectivity index (χ1v) is 23.7. The first-order valence-electron chi connectivity index (χ1n) is 23.7. The Bertz CT molecular complexity index is 920. The van der Waals surface area contributed by atoms with Gasteiger partial charge in [0.25, 0.3) is 0 Å². The van der Waals surface area contributed by atoms with E-state index in [1.165, 1.54) is 135 Å². The highest BCUT2D eigenvalue weighted by Crippen LogP contribution is 2.18. The van der Waals surface area contributed by atoms with Gasteiger partial charge in [0.2, 0.25) is 5.91 Å². The molecule has 7 nitrogen and oxygen atoms in total. The molecule has 0 radical (unpaired) electrons. The summed E-state index contributed by atoms with van der Waals surface area (Å²) in [6.45, 7) is 4.95. The highest BCUT2D eigenvalue weighted by atomic mass is 16.5. The number of nitrogens with one attached hydrogen (secondary N) is 1. The minimum absolute atomic E-state index is 0.0197. The second kappa shape index (κ2) is 43.0. The van der Waals surface area contributed by atoms with Gasteiger partial charge in [-0.3, -0.25) is 9.59 Å². The van der Waals surface area contributed by atoms with Crippen LogP contribution in [-0.4, -0.2) is 41.6 Å². The molecule has 0 aromatic heterocycles. The van der Waals surface area contributed by atoms with E-state index in [-0.39, 0.29) is 18.0 Å². The molecular formula is C48H90N2O5. The Kier molecular flexibility index (Phi) is 41.3. The maximum Gasteiger partial charge on any atom is 0.326 e. The summed E-state index contributed by atoms with van der Waals surface area (Å²) in [4.78, 5) is 36.4. The number of hydrogen-bond donors (Lipinski definition) is 3. The maximum atomic E-state index is 12.8. The predicted molar refractivity (Wildman–Crippen MR) is 234 cm³/mol. The van der Waals surface area contributed by atoms with Crippen LogP contribution in [0, 0.1) is 0 Å². The average Bonchev–Trinajstić information content (AvgIpc) is 3.17. The van der Waals surface area contributed by atoms with Crippen molar-refractivity contribution in [3.63, 3.8) is 0 Å². The number of carbonyl (C=O) groups is 3. The van der Waals surface area contributed by atoms with Gasteiger partial charge in [-0.2, -0.15) is 0 Å². The highest BCUT2D eigenvalue weighted by Gasteiger charge is 2.19. The summed E-state index contributed by atoms with van der Waals surface area (Å²) in [5.41, 5.74) is 5.49. The fourth-order valence-corrected chi connectivity index (χ4v) is 7.15. The van der Waals surface area contributed by atoms with E-state index >= 15 is 0 Å². The van der Waals surface area contributed by atoms with Gasteiger partial charge in [0.05, 0.1) is 0 Å². The third-order valence-corrected chi connectivity index (χ3v) is 10.7. The number of allylic oxidation sites excluding steroid dienone is 4. The molecule has 0 aromatic rings. The molecular weight excluding hydrogens is 685 g/mol. The molecule has 0 bridgehead atoms. The van der Waals surface area contributed by atoms with Gasteiger partial charge in [0.1, 0.15) is 12.1 Å². The van der Waals surface area contributed by atoms with E-state index in [0.717, 1.165) is 70.6 Å². The van der Waals surface area contributed by atoms with Gasteiger partial charge >= 0.3 is 11.9 Å². The molecule has 0 fully saturated rings. The molecule has 55 heavy (non-hydrogen) atoms. The summed E-state index contributed by atoms with van der Waals surface area (Å²) in [7, 11) is 0. The number of rotatable bonds is 43. The Balaban J connectivity index is 4.34. The van der Waals surface area contributed by atoms with E-state index < -0.39 is 12.0 Å². The van der Waals surface area contributed by atoms with E-state index in [0.29, 0.717) is 32.2 Å². The molecule has 0 heterocycles.